The molecule has 1 aliphatic rings. The highest BCUT2D eigenvalue weighted by molar-refractivity contribution is 7.89. The Labute approximate surface area is 132 Å². The standard InChI is InChI=1S/C17H31NO2S/c1-4-5-10-17(2,3)13-21(20)15-8-6-7-14(12-15)16(19)9-11-18/h6,8,12,14,16,19H,4-5,7,9-11,13,18H2,1-3H3. The van der Waals surface area contributed by atoms with Crippen LogP contribution in [0.2, 0.25) is 0 Å². The van der Waals surface area contributed by atoms with Crippen LogP contribution >= 0.6 is 0 Å². The highest BCUT2D eigenvalue weighted by Crippen LogP contribution is 2.29. The molecule has 3 atom stereocenters. The van der Waals surface area contributed by atoms with E-state index >= 15 is 0 Å². The van der Waals surface area contributed by atoms with Gasteiger partial charge in [-0.05, 0) is 31.2 Å². The van der Waals surface area contributed by atoms with Crippen molar-refractivity contribution in [1.82, 2.24) is 0 Å². The molecule has 122 valence electrons. The van der Waals surface area contributed by atoms with E-state index in [1.165, 1.54) is 12.8 Å². The lowest BCUT2D eigenvalue weighted by atomic mass is 9.90. The van der Waals surface area contributed by atoms with Crippen molar-refractivity contribution in [2.45, 2.75) is 59.0 Å². The smallest absolute Gasteiger partial charge is 0.0618 e. The van der Waals surface area contributed by atoms with Crippen LogP contribution in [0.5, 0.6) is 0 Å². The summed E-state index contributed by atoms with van der Waals surface area (Å²) in [5, 5.41) is 10.1. The number of aliphatic hydroxyl groups excluding tert-OH is 1. The summed E-state index contributed by atoms with van der Waals surface area (Å²) >= 11 is 0. The Morgan fingerprint density at radius 2 is 2.24 bits per heavy atom. The second-order valence-electron chi connectivity index (χ2n) is 6.77. The van der Waals surface area contributed by atoms with Gasteiger partial charge >= 0.3 is 0 Å². The van der Waals surface area contributed by atoms with E-state index < -0.39 is 16.9 Å². The zero-order chi connectivity index (χ0) is 15.9. The van der Waals surface area contributed by atoms with Gasteiger partial charge in [-0.3, -0.25) is 4.21 Å². The zero-order valence-corrected chi connectivity index (χ0v) is 14.5. The van der Waals surface area contributed by atoms with Gasteiger partial charge < -0.3 is 10.8 Å². The van der Waals surface area contributed by atoms with Crippen LogP contribution in [0.1, 0.15) is 52.9 Å². The Balaban J connectivity index is 2.66. The van der Waals surface area contributed by atoms with Crippen molar-refractivity contribution in [2.24, 2.45) is 17.1 Å². The van der Waals surface area contributed by atoms with E-state index in [1.807, 2.05) is 18.2 Å². The minimum atomic E-state index is -0.989. The monoisotopic (exact) mass is 313 g/mol. The van der Waals surface area contributed by atoms with Crippen LogP contribution in [0.3, 0.4) is 0 Å². The lowest BCUT2D eigenvalue weighted by molar-refractivity contribution is 0.123. The predicted octanol–water partition coefficient (Wildman–Crippen LogP) is 3.12. The molecule has 0 aromatic carbocycles. The van der Waals surface area contributed by atoms with E-state index in [4.69, 9.17) is 5.73 Å². The van der Waals surface area contributed by atoms with Gasteiger partial charge in [0.25, 0.3) is 0 Å². The molecule has 0 aromatic heterocycles. The molecule has 3 N–H and O–H groups in total. The fourth-order valence-electron chi connectivity index (χ4n) is 2.65. The van der Waals surface area contributed by atoms with Gasteiger partial charge in [-0.15, -0.1) is 0 Å². The average Bonchev–Trinajstić information content (AvgIpc) is 2.45. The molecule has 0 bridgehead atoms. The number of aliphatic hydroxyl groups is 1. The summed E-state index contributed by atoms with van der Waals surface area (Å²) in [6.07, 6.45) is 10.4. The molecule has 1 rings (SSSR count). The largest absolute Gasteiger partial charge is 0.392 e. The lowest BCUT2D eigenvalue weighted by Crippen LogP contribution is -2.25. The van der Waals surface area contributed by atoms with Crippen molar-refractivity contribution in [1.29, 1.82) is 0 Å². The third kappa shape index (κ3) is 6.45. The summed E-state index contributed by atoms with van der Waals surface area (Å²) in [6.45, 7) is 7.05. The normalized spacial score (nSPS) is 22.0. The summed E-state index contributed by atoms with van der Waals surface area (Å²) in [5.41, 5.74) is 5.60. The van der Waals surface area contributed by atoms with Crippen molar-refractivity contribution >= 4 is 10.8 Å². The first-order valence-corrected chi connectivity index (χ1v) is 9.36. The Bertz CT molecular complexity index is 402. The van der Waals surface area contributed by atoms with Crippen LogP contribution in [-0.2, 0) is 10.8 Å². The molecular formula is C17H31NO2S. The van der Waals surface area contributed by atoms with Crippen molar-refractivity contribution in [2.75, 3.05) is 12.3 Å². The molecule has 3 nitrogen and oxygen atoms in total. The molecule has 1 aliphatic carbocycles. The first-order chi connectivity index (χ1) is 9.89. The van der Waals surface area contributed by atoms with Crippen LogP contribution in [0.25, 0.3) is 0 Å². The quantitative estimate of drug-likeness (QED) is 0.687. The van der Waals surface area contributed by atoms with Gasteiger partial charge in [0.15, 0.2) is 0 Å². The van der Waals surface area contributed by atoms with Crippen LogP contribution < -0.4 is 5.73 Å². The molecule has 0 aliphatic heterocycles. The number of allylic oxidation sites excluding steroid dienone is 2. The van der Waals surface area contributed by atoms with Crippen molar-refractivity contribution in [3.05, 3.63) is 23.1 Å². The molecule has 0 radical (unpaired) electrons. The maximum Gasteiger partial charge on any atom is 0.0618 e. The first-order valence-electron chi connectivity index (χ1n) is 8.04. The van der Waals surface area contributed by atoms with Gasteiger partial charge in [0, 0.05) is 16.6 Å². The van der Waals surface area contributed by atoms with Gasteiger partial charge in [-0.2, -0.15) is 0 Å². The highest BCUT2D eigenvalue weighted by Gasteiger charge is 2.24. The number of hydrogen-bond donors (Lipinski definition) is 2. The molecule has 21 heavy (non-hydrogen) atoms. The topological polar surface area (TPSA) is 63.3 Å². The molecule has 0 aromatic rings. The number of unbranched alkanes of at least 4 members (excludes halogenated alkanes) is 1. The molecule has 0 amide bonds. The first kappa shape index (κ1) is 18.6. The zero-order valence-electron chi connectivity index (χ0n) is 13.7. The van der Waals surface area contributed by atoms with Crippen LogP contribution in [0, 0.1) is 11.3 Å². The lowest BCUT2D eigenvalue weighted by Gasteiger charge is -2.26. The summed E-state index contributed by atoms with van der Waals surface area (Å²) in [5.74, 6) is 0.735. The van der Waals surface area contributed by atoms with E-state index in [0.29, 0.717) is 18.7 Å². The average molecular weight is 314 g/mol. The minimum Gasteiger partial charge on any atom is -0.392 e. The molecule has 0 heterocycles. The summed E-state index contributed by atoms with van der Waals surface area (Å²) in [7, 11) is -0.989. The van der Waals surface area contributed by atoms with Crippen molar-refractivity contribution in [3.8, 4) is 0 Å². The second-order valence-corrected chi connectivity index (χ2v) is 8.22. The van der Waals surface area contributed by atoms with Crippen molar-refractivity contribution < 1.29 is 9.32 Å². The maximum atomic E-state index is 12.6. The molecule has 3 unspecified atom stereocenters. The number of hydrogen-bond acceptors (Lipinski definition) is 3. The summed E-state index contributed by atoms with van der Waals surface area (Å²) in [6, 6.07) is 0. The number of rotatable bonds is 9. The Morgan fingerprint density at radius 1 is 1.52 bits per heavy atom. The molecule has 0 saturated heterocycles. The third-order valence-corrected chi connectivity index (χ3v) is 5.86. The fraction of sp³-hybridized carbons (Fsp3) is 0.765. The van der Waals surface area contributed by atoms with E-state index in [9.17, 15) is 9.32 Å². The highest BCUT2D eigenvalue weighted by atomic mass is 32.2. The predicted molar refractivity (Wildman–Crippen MR) is 91.3 cm³/mol. The molecular weight excluding hydrogens is 282 g/mol. The van der Waals surface area contributed by atoms with Crippen LogP contribution in [-0.4, -0.2) is 27.7 Å². The summed E-state index contributed by atoms with van der Waals surface area (Å²) in [4.78, 5) is 0.867. The summed E-state index contributed by atoms with van der Waals surface area (Å²) < 4.78 is 12.6. The SMILES string of the molecule is CCCCC(C)(C)CS(=O)C1=CC(C(O)CCN)CC=C1. The molecule has 4 heteroatoms. The number of nitrogens with two attached hydrogens (primary N) is 1. The van der Waals surface area contributed by atoms with Gasteiger partial charge in [0.2, 0.25) is 0 Å². The van der Waals surface area contributed by atoms with Gasteiger partial charge in [0.05, 0.1) is 16.9 Å². The Morgan fingerprint density at radius 3 is 2.86 bits per heavy atom. The maximum absolute atomic E-state index is 12.6. The molecule has 0 saturated carbocycles. The Kier molecular flexibility index (Phi) is 7.85. The van der Waals surface area contributed by atoms with Crippen LogP contribution in [0.15, 0.2) is 23.1 Å². The van der Waals surface area contributed by atoms with Gasteiger partial charge in [0.1, 0.15) is 0 Å². The van der Waals surface area contributed by atoms with Crippen molar-refractivity contribution in [3.63, 3.8) is 0 Å². The van der Waals surface area contributed by atoms with Crippen LogP contribution in [0.4, 0.5) is 0 Å². The fourth-order valence-corrected chi connectivity index (χ4v) is 4.24. The van der Waals surface area contributed by atoms with Gasteiger partial charge in [-0.1, -0.05) is 51.8 Å². The third-order valence-electron chi connectivity index (χ3n) is 4.02. The second kappa shape index (κ2) is 8.86. The Hall–Kier alpha value is -0.450. The molecule has 0 fully saturated rings. The van der Waals surface area contributed by atoms with E-state index in [0.717, 1.165) is 17.7 Å². The van der Waals surface area contributed by atoms with E-state index in [-0.39, 0.29) is 11.3 Å². The minimum absolute atomic E-state index is 0.0521. The van der Waals surface area contributed by atoms with E-state index in [2.05, 4.69) is 20.8 Å². The van der Waals surface area contributed by atoms with E-state index in [1.54, 1.807) is 0 Å². The molecule has 0 spiro atoms. The van der Waals surface area contributed by atoms with Gasteiger partial charge in [-0.25, -0.2) is 0 Å².